The van der Waals surface area contributed by atoms with Gasteiger partial charge in [-0.15, -0.1) is 0 Å². The first-order valence-corrected chi connectivity index (χ1v) is 33.5. The van der Waals surface area contributed by atoms with Crippen LogP contribution in [0.2, 0.25) is 0 Å². The number of halogens is 1. The van der Waals surface area contributed by atoms with E-state index in [9.17, 15) is 0 Å². The van der Waals surface area contributed by atoms with Crippen LogP contribution in [-0.4, -0.2) is 47.1 Å². The molecule has 0 saturated carbocycles. The molecule has 454 valence electrons. The largest absolute Gasteiger partial charge is 0.514 e. The molecule has 10 heteroatoms. The van der Waals surface area contributed by atoms with Crippen LogP contribution in [0.25, 0.3) is 175 Å². The lowest BCUT2D eigenvalue weighted by Crippen LogP contribution is -2.41. The molecule has 0 bridgehead atoms. The van der Waals surface area contributed by atoms with E-state index in [2.05, 4.69) is 313 Å². The second-order valence-corrected chi connectivity index (χ2v) is 27.3. The van der Waals surface area contributed by atoms with Crippen LogP contribution in [0.5, 0.6) is 0 Å². The molecule has 8 nitrogen and oxygen atoms in total. The minimum Gasteiger partial charge on any atom is -0.398 e. The van der Waals surface area contributed by atoms with Crippen molar-refractivity contribution in [2.45, 2.75) is 38.9 Å². The van der Waals surface area contributed by atoms with Gasteiger partial charge in [-0.2, -0.15) is 0 Å². The van der Waals surface area contributed by atoms with Gasteiger partial charge in [0, 0.05) is 54.7 Å². The molecule has 0 amide bonds. The smallest absolute Gasteiger partial charge is 0.398 e. The maximum Gasteiger partial charge on any atom is 0.514 e. The summed E-state index contributed by atoms with van der Waals surface area (Å²) in [5.74, 6) is 0. The second kappa shape index (κ2) is 21.4. The molecule has 0 aliphatic carbocycles. The Morgan fingerprint density at radius 1 is 0.333 bits per heavy atom. The summed E-state index contributed by atoms with van der Waals surface area (Å²) < 4.78 is 18.1. The number of pyridine rings is 4. The molecule has 1 aliphatic rings. The summed E-state index contributed by atoms with van der Waals surface area (Å²) in [5.41, 5.74) is 15.3. The topological polar surface area (TPSA) is 78.8 Å². The Morgan fingerprint density at radius 3 is 1.23 bits per heavy atom. The molecule has 0 radical (unpaired) electrons. The van der Waals surface area contributed by atoms with Gasteiger partial charge in [0.2, 0.25) is 0 Å². The molecule has 1 aliphatic heterocycles. The highest BCUT2D eigenvalue weighted by atomic mass is 79.9. The van der Waals surface area contributed by atoms with E-state index in [1.165, 1.54) is 92.3 Å². The van der Waals surface area contributed by atoms with E-state index >= 15 is 0 Å². The molecule has 0 N–H and O–H groups in total. The number of hydrogen-bond acceptors (Lipinski definition) is 6. The van der Waals surface area contributed by atoms with Crippen LogP contribution in [0.15, 0.2) is 284 Å². The zero-order valence-corrected chi connectivity index (χ0v) is 54.6. The van der Waals surface area contributed by atoms with Gasteiger partial charge in [0.25, 0.3) is 0 Å². The van der Waals surface area contributed by atoms with Crippen LogP contribution in [0.1, 0.15) is 27.7 Å². The van der Waals surface area contributed by atoms with Gasteiger partial charge in [-0.3, -0.25) is 18.8 Å². The number of nitrogens with zero attached hydrogens (tertiary/aromatic N) is 6. The SMILES string of the molecule is Brc1ccc(-c2ccc3ccc4cccc5ccc2c3c45)cc1.CC1(C)OB(c2cc3c(cn2)c2ccccc2n2c4ccccc4nc32)OC1(C)C.c1cc2ccc3ccc(-c4ccc(-c5cc6c(cn5)c5ccccc5n5c7ccccc7nc65)cc4)c4ccc(c1)c2c34. The van der Waals surface area contributed by atoms with Crippen molar-refractivity contribution in [3.05, 3.63) is 284 Å². The van der Waals surface area contributed by atoms with E-state index in [1.807, 2.05) is 18.5 Å². The van der Waals surface area contributed by atoms with Gasteiger partial charge in [-0.05, 0) is 175 Å². The van der Waals surface area contributed by atoms with Crippen molar-refractivity contribution in [1.82, 2.24) is 28.7 Å². The fourth-order valence-electron chi connectivity index (χ4n) is 15.1. The molecule has 0 unspecified atom stereocenters. The van der Waals surface area contributed by atoms with Crippen LogP contribution in [0.3, 0.4) is 0 Å². The third-order valence-corrected chi connectivity index (χ3v) is 21.0. The molecule has 7 heterocycles. The predicted octanol–water partition coefficient (Wildman–Crippen LogP) is 21.9. The summed E-state index contributed by atoms with van der Waals surface area (Å²) in [6.07, 6.45) is 3.94. The molecular weight excluding hydrogens is 1240 g/mol. The van der Waals surface area contributed by atoms with Gasteiger partial charge in [0.05, 0.1) is 55.6 Å². The van der Waals surface area contributed by atoms with E-state index in [1.54, 1.807) is 0 Å². The normalized spacial score (nSPS) is 13.9. The molecular formula is C86H58BBrN6O2. The summed E-state index contributed by atoms with van der Waals surface area (Å²) in [5, 5.41) is 22.5. The minimum absolute atomic E-state index is 0.408. The third kappa shape index (κ3) is 8.75. The number of hydrogen-bond donors (Lipinski definition) is 0. The number of rotatable bonds is 4. The Hall–Kier alpha value is -11.1. The molecule has 1 saturated heterocycles. The van der Waals surface area contributed by atoms with Crippen molar-refractivity contribution >= 4 is 170 Å². The van der Waals surface area contributed by atoms with Crippen LogP contribution in [-0.2, 0) is 9.31 Å². The second-order valence-electron chi connectivity index (χ2n) is 26.4. The Bertz CT molecular complexity index is 6510. The zero-order valence-electron chi connectivity index (χ0n) is 53.0. The third-order valence-electron chi connectivity index (χ3n) is 20.5. The first-order valence-electron chi connectivity index (χ1n) is 32.7. The number of benzene rings is 14. The maximum absolute atomic E-state index is 6.25. The molecule has 21 rings (SSSR count). The fourth-order valence-corrected chi connectivity index (χ4v) is 15.4. The molecule has 14 aromatic carbocycles. The van der Waals surface area contributed by atoms with Gasteiger partial charge in [-0.1, -0.05) is 222 Å². The van der Waals surface area contributed by atoms with Gasteiger partial charge in [0.1, 0.15) is 11.3 Å². The Kier molecular flexibility index (Phi) is 12.6. The fraction of sp³-hybridized carbons (Fsp3) is 0.0698. The average Bonchev–Trinajstić information content (AvgIpc) is 1.19. The van der Waals surface area contributed by atoms with Gasteiger partial charge in [0.15, 0.2) is 0 Å². The van der Waals surface area contributed by atoms with E-state index in [0.717, 1.165) is 92.6 Å². The van der Waals surface area contributed by atoms with Gasteiger partial charge < -0.3 is 9.31 Å². The summed E-state index contributed by atoms with van der Waals surface area (Å²) in [6, 6.07) is 95.3. The summed E-state index contributed by atoms with van der Waals surface area (Å²) in [6.45, 7) is 8.23. The predicted molar refractivity (Wildman–Crippen MR) is 405 cm³/mol. The highest BCUT2D eigenvalue weighted by Crippen LogP contribution is 2.44. The van der Waals surface area contributed by atoms with E-state index in [0.29, 0.717) is 0 Å². The Labute approximate surface area is 560 Å². The van der Waals surface area contributed by atoms with E-state index in [4.69, 9.17) is 29.2 Å². The van der Waals surface area contributed by atoms with Crippen molar-refractivity contribution in [1.29, 1.82) is 0 Å². The van der Waals surface area contributed by atoms with Crippen LogP contribution in [0.4, 0.5) is 0 Å². The zero-order chi connectivity index (χ0) is 64.1. The Balaban J connectivity index is 0.000000107. The molecule has 0 atom stereocenters. The average molecular weight is 1300 g/mol. The van der Waals surface area contributed by atoms with Crippen molar-refractivity contribution in [3.8, 4) is 33.5 Å². The van der Waals surface area contributed by atoms with Gasteiger partial charge in [-0.25, -0.2) is 9.97 Å². The van der Waals surface area contributed by atoms with E-state index < -0.39 is 18.3 Å². The maximum atomic E-state index is 6.25. The van der Waals surface area contributed by atoms with E-state index in [-0.39, 0.29) is 0 Å². The lowest BCUT2D eigenvalue weighted by Gasteiger charge is -2.32. The number of para-hydroxylation sites is 6. The highest BCUT2D eigenvalue weighted by molar-refractivity contribution is 9.10. The minimum atomic E-state index is -0.504. The van der Waals surface area contributed by atoms with Crippen LogP contribution in [0, 0.1) is 0 Å². The molecule has 96 heavy (non-hydrogen) atoms. The van der Waals surface area contributed by atoms with Crippen LogP contribution < -0.4 is 5.59 Å². The summed E-state index contributed by atoms with van der Waals surface area (Å²) in [7, 11) is -0.504. The first kappa shape index (κ1) is 56.4. The van der Waals surface area contributed by atoms with Crippen molar-refractivity contribution in [2.75, 3.05) is 0 Å². The lowest BCUT2D eigenvalue weighted by molar-refractivity contribution is 0.00578. The van der Waals surface area contributed by atoms with Crippen molar-refractivity contribution in [2.24, 2.45) is 0 Å². The molecule has 6 aromatic heterocycles. The van der Waals surface area contributed by atoms with Crippen molar-refractivity contribution < 1.29 is 9.31 Å². The van der Waals surface area contributed by atoms with Gasteiger partial charge >= 0.3 is 7.12 Å². The lowest BCUT2D eigenvalue weighted by atomic mass is 9.83. The Morgan fingerprint density at radius 2 is 0.729 bits per heavy atom. The quantitative estimate of drug-likeness (QED) is 0.129. The number of aromatic nitrogens is 6. The molecule has 1 fully saturated rings. The standard InChI is InChI=1S/C40H23N3.C24H22BN3O2.C22H13Br/c1-3-10-36-30(8-1)33-23-41-35(22-32(33)40-42-34-9-2-4-11-37(34)43(36)40)25-14-12-24(13-15-25)29-20-18-28-17-16-26-6-5-7-27-19-21-31(29)39(28)38(26)27;1-23(2)24(3,4)30-25(29-23)21-13-16-17(14-26-21)15-9-5-7-11-19(15)28-20-12-8-6-10-18(20)27-22(16)28;23-18-10-6-14(7-11-18)19-12-8-17-5-4-15-2-1-3-16-9-13-20(19)22(17)21(15)16/h1-23H;5-14H,1-4H3;1-13H. The number of imidazole rings is 2. The molecule has 20 aromatic rings. The summed E-state index contributed by atoms with van der Waals surface area (Å²) in [4.78, 5) is 19.8. The number of fused-ring (bicyclic) bond motifs is 16. The highest BCUT2D eigenvalue weighted by Gasteiger charge is 2.52. The monoisotopic (exact) mass is 1300 g/mol. The van der Waals surface area contributed by atoms with Crippen LogP contribution >= 0.6 is 15.9 Å². The molecule has 0 spiro atoms. The first-order chi connectivity index (χ1) is 47.0. The van der Waals surface area contributed by atoms with Crippen molar-refractivity contribution in [3.63, 3.8) is 0 Å². The summed E-state index contributed by atoms with van der Waals surface area (Å²) >= 11 is 3.52.